The second kappa shape index (κ2) is 6.93. The summed E-state index contributed by atoms with van der Waals surface area (Å²) in [7, 11) is 2.24. The standard InChI is InChI=1S/C19H30N2/c1-15-4-3-5-17(12-15)18-13-19(14-18)20-9-6-16-7-10-21(2)11-8-16/h3-5,12,16,18-20H,6-11,13-14H2,1-2H3. The third-order valence-electron chi connectivity index (χ3n) is 5.48. The molecular formula is C19H30N2. The fourth-order valence-electron chi connectivity index (χ4n) is 3.82. The van der Waals surface area contributed by atoms with Crippen LogP contribution in [-0.2, 0) is 0 Å². The summed E-state index contributed by atoms with van der Waals surface area (Å²) in [5.41, 5.74) is 2.94. The van der Waals surface area contributed by atoms with Crippen LogP contribution in [0.1, 0.15) is 49.1 Å². The molecule has 1 aliphatic carbocycles. The third kappa shape index (κ3) is 4.08. The van der Waals surface area contributed by atoms with Crippen LogP contribution in [0.4, 0.5) is 0 Å². The Hall–Kier alpha value is -0.860. The van der Waals surface area contributed by atoms with E-state index in [-0.39, 0.29) is 0 Å². The molecule has 2 aliphatic rings. The summed E-state index contributed by atoms with van der Waals surface area (Å²) < 4.78 is 0. The molecule has 0 atom stereocenters. The highest BCUT2D eigenvalue weighted by Crippen LogP contribution is 2.37. The molecule has 1 aromatic rings. The van der Waals surface area contributed by atoms with E-state index in [0.717, 1.165) is 17.9 Å². The summed E-state index contributed by atoms with van der Waals surface area (Å²) in [6, 6.07) is 9.82. The summed E-state index contributed by atoms with van der Waals surface area (Å²) in [5, 5.41) is 3.78. The Morgan fingerprint density at radius 3 is 2.67 bits per heavy atom. The van der Waals surface area contributed by atoms with Gasteiger partial charge in [0, 0.05) is 6.04 Å². The Balaban J connectivity index is 1.32. The van der Waals surface area contributed by atoms with Gasteiger partial charge in [0.2, 0.25) is 0 Å². The lowest BCUT2D eigenvalue weighted by Gasteiger charge is -2.37. The van der Waals surface area contributed by atoms with Crippen molar-refractivity contribution in [3.05, 3.63) is 35.4 Å². The first-order chi connectivity index (χ1) is 10.2. The largest absolute Gasteiger partial charge is 0.314 e. The maximum absolute atomic E-state index is 3.78. The predicted octanol–water partition coefficient (Wildman–Crippen LogP) is 3.56. The van der Waals surface area contributed by atoms with E-state index in [1.807, 2.05) is 0 Å². The van der Waals surface area contributed by atoms with Gasteiger partial charge in [0.15, 0.2) is 0 Å². The average molecular weight is 286 g/mol. The molecule has 1 heterocycles. The van der Waals surface area contributed by atoms with Crippen LogP contribution in [0.3, 0.4) is 0 Å². The van der Waals surface area contributed by atoms with Crippen LogP contribution in [0.5, 0.6) is 0 Å². The van der Waals surface area contributed by atoms with Crippen molar-refractivity contribution in [2.75, 3.05) is 26.7 Å². The highest BCUT2D eigenvalue weighted by atomic mass is 15.1. The number of benzene rings is 1. The van der Waals surface area contributed by atoms with Crippen molar-refractivity contribution in [2.45, 2.75) is 51.0 Å². The first-order valence-electron chi connectivity index (χ1n) is 8.69. The maximum Gasteiger partial charge on any atom is 0.00787 e. The van der Waals surface area contributed by atoms with Gasteiger partial charge < -0.3 is 10.2 Å². The lowest BCUT2D eigenvalue weighted by Crippen LogP contribution is -2.41. The SMILES string of the molecule is Cc1cccc(C2CC(NCCC3CCN(C)CC3)C2)c1. The molecule has 1 N–H and O–H groups in total. The van der Waals surface area contributed by atoms with Gasteiger partial charge in [0.1, 0.15) is 0 Å². The molecule has 1 aliphatic heterocycles. The zero-order chi connectivity index (χ0) is 14.7. The number of rotatable bonds is 5. The van der Waals surface area contributed by atoms with Gasteiger partial charge in [-0.05, 0) is 83.1 Å². The molecule has 2 nitrogen and oxygen atoms in total. The van der Waals surface area contributed by atoms with Crippen molar-refractivity contribution in [3.63, 3.8) is 0 Å². The topological polar surface area (TPSA) is 15.3 Å². The van der Waals surface area contributed by atoms with Crippen LogP contribution in [0, 0.1) is 12.8 Å². The minimum Gasteiger partial charge on any atom is -0.314 e. The van der Waals surface area contributed by atoms with Crippen molar-refractivity contribution >= 4 is 0 Å². The van der Waals surface area contributed by atoms with E-state index in [4.69, 9.17) is 0 Å². The van der Waals surface area contributed by atoms with Crippen molar-refractivity contribution in [3.8, 4) is 0 Å². The van der Waals surface area contributed by atoms with E-state index in [0.29, 0.717) is 0 Å². The summed E-state index contributed by atoms with van der Waals surface area (Å²) in [4.78, 5) is 2.46. The zero-order valence-corrected chi connectivity index (χ0v) is 13.6. The number of likely N-dealkylation sites (tertiary alicyclic amines) is 1. The molecule has 21 heavy (non-hydrogen) atoms. The monoisotopic (exact) mass is 286 g/mol. The summed E-state index contributed by atoms with van der Waals surface area (Å²) in [6.45, 7) is 6.01. The Morgan fingerprint density at radius 2 is 1.95 bits per heavy atom. The van der Waals surface area contributed by atoms with Gasteiger partial charge in [0.05, 0.1) is 0 Å². The predicted molar refractivity (Wildman–Crippen MR) is 89.8 cm³/mol. The fourth-order valence-corrected chi connectivity index (χ4v) is 3.82. The van der Waals surface area contributed by atoms with Crippen LogP contribution in [0.25, 0.3) is 0 Å². The van der Waals surface area contributed by atoms with Crippen LogP contribution < -0.4 is 5.32 Å². The highest BCUT2D eigenvalue weighted by molar-refractivity contribution is 5.27. The van der Waals surface area contributed by atoms with Crippen molar-refractivity contribution < 1.29 is 0 Å². The van der Waals surface area contributed by atoms with Gasteiger partial charge in [0.25, 0.3) is 0 Å². The Morgan fingerprint density at radius 1 is 1.19 bits per heavy atom. The molecule has 0 radical (unpaired) electrons. The lowest BCUT2D eigenvalue weighted by atomic mass is 9.75. The van der Waals surface area contributed by atoms with Gasteiger partial charge in [-0.2, -0.15) is 0 Å². The highest BCUT2D eigenvalue weighted by Gasteiger charge is 2.29. The zero-order valence-electron chi connectivity index (χ0n) is 13.6. The second-order valence-electron chi connectivity index (χ2n) is 7.27. The molecule has 3 rings (SSSR count). The van der Waals surface area contributed by atoms with Crippen molar-refractivity contribution in [1.82, 2.24) is 10.2 Å². The van der Waals surface area contributed by atoms with E-state index >= 15 is 0 Å². The average Bonchev–Trinajstić information content (AvgIpc) is 2.43. The Labute approximate surface area is 129 Å². The third-order valence-corrected chi connectivity index (χ3v) is 5.48. The molecule has 0 bridgehead atoms. The number of hydrogen-bond donors (Lipinski definition) is 1. The molecule has 0 aromatic heterocycles. The van der Waals surface area contributed by atoms with E-state index in [1.54, 1.807) is 5.56 Å². The van der Waals surface area contributed by atoms with Gasteiger partial charge in [-0.3, -0.25) is 0 Å². The van der Waals surface area contributed by atoms with E-state index < -0.39 is 0 Å². The van der Waals surface area contributed by atoms with Crippen LogP contribution in [0.15, 0.2) is 24.3 Å². The minimum atomic E-state index is 0.766. The molecular weight excluding hydrogens is 256 g/mol. The number of aryl methyl sites for hydroxylation is 1. The van der Waals surface area contributed by atoms with Crippen molar-refractivity contribution in [1.29, 1.82) is 0 Å². The second-order valence-corrected chi connectivity index (χ2v) is 7.27. The van der Waals surface area contributed by atoms with Gasteiger partial charge in [-0.1, -0.05) is 29.8 Å². The molecule has 1 saturated carbocycles. The minimum absolute atomic E-state index is 0.766. The Kier molecular flexibility index (Phi) is 4.97. The summed E-state index contributed by atoms with van der Waals surface area (Å²) in [5.74, 6) is 1.76. The molecule has 0 unspecified atom stereocenters. The smallest absolute Gasteiger partial charge is 0.00787 e. The van der Waals surface area contributed by atoms with Crippen LogP contribution in [0.2, 0.25) is 0 Å². The molecule has 2 heteroatoms. The molecule has 0 spiro atoms. The first kappa shape index (κ1) is 15.1. The quantitative estimate of drug-likeness (QED) is 0.890. The number of hydrogen-bond acceptors (Lipinski definition) is 2. The fraction of sp³-hybridized carbons (Fsp3) is 0.684. The molecule has 1 aromatic carbocycles. The molecule has 2 fully saturated rings. The number of nitrogens with zero attached hydrogens (tertiary/aromatic N) is 1. The van der Waals surface area contributed by atoms with E-state index in [2.05, 4.69) is 48.5 Å². The van der Waals surface area contributed by atoms with Crippen LogP contribution in [-0.4, -0.2) is 37.6 Å². The van der Waals surface area contributed by atoms with E-state index in [1.165, 1.54) is 57.3 Å². The van der Waals surface area contributed by atoms with Gasteiger partial charge in [-0.25, -0.2) is 0 Å². The summed E-state index contributed by atoms with van der Waals surface area (Å²) >= 11 is 0. The molecule has 0 amide bonds. The van der Waals surface area contributed by atoms with Gasteiger partial charge in [-0.15, -0.1) is 0 Å². The van der Waals surface area contributed by atoms with Crippen LogP contribution >= 0.6 is 0 Å². The lowest BCUT2D eigenvalue weighted by molar-refractivity contribution is 0.205. The summed E-state index contributed by atoms with van der Waals surface area (Å²) in [6.07, 6.45) is 6.83. The number of nitrogens with one attached hydrogen (secondary N) is 1. The van der Waals surface area contributed by atoms with E-state index in [9.17, 15) is 0 Å². The number of piperidine rings is 1. The first-order valence-corrected chi connectivity index (χ1v) is 8.69. The van der Waals surface area contributed by atoms with Crippen molar-refractivity contribution in [2.24, 2.45) is 5.92 Å². The maximum atomic E-state index is 3.78. The van der Waals surface area contributed by atoms with Gasteiger partial charge >= 0.3 is 0 Å². The normalized spacial score (nSPS) is 27.5. The Bertz CT molecular complexity index is 443. The molecule has 1 saturated heterocycles. The molecule has 116 valence electrons.